The fourth-order valence-electron chi connectivity index (χ4n) is 2.83. The molecule has 0 saturated heterocycles. The minimum Gasteiger partial charge on any atom is -0.346 e. The Bertz CT molecular complexity index is 1310. The smallest absolute Gasteiger partial charge is 0.346 e. The summed E-state index contributed by atoms with van der Waals surface area (Å²) in [5.41, 5.74) is -2.70. The molecule has 1 aromatic carbocycles. The quantitative estimate of drug-likeness (QED) is 0.442. The van der Waals surface area contributed by atoms with Crippen molar-refractivity contribution in [2.24, 2.45) is 0 Å². The largest absolute Gasteiger partial charge is 0.497 e. The van der Waals surface area contributed by atoms with Crippen LogP contribution in [0.2, 0.25) is 5.02 Å². The Kier molecular flexibility index (Phi) is 4.88. The maximum absolute atomic E-state index is 12.6. The molecule has 4 rings (SSSR count). The summed E-state index contributed by atoms with van der Waals surface area (Å²) in [6.07, 6.45) is 3.44. The van der Waals surface area contributed by atoms with Crippen LogP contribution < -0.4 is 0 Å². The van der Waals surface area contributed by atoms with Crippen molar-refractivity contribution in [2.75, 3.05) is 0 Å². The van der Waals surface area contributed by atoms with Crippen molar-refractivity contribution < 1.29 is 21.6 Å². The molecule has 0 atom stereocenters. The second kappa shape index (κ2) is 7.12. The van der Waals surface area contributed by atoms with Crippen LogP contribution in [0.4, 0.5) is 13.2 Å². The lowest BCUT2D eigenvalue weighted by Gasteiger charge is -2.09. The van der Waals surface area contributed by atoms with Gasteiger partial charge in [0.2, 0.25) is 0 Å². The molecule has 0 aliphatic heterocycles. The first-order valence-corrected chi connectivity index (χ1v) is 11.0. The highest BCUT2D eigenvalue weighted by Gasteiger charge is 2.45. The number of H-pyrrole nitrogens is 1. The van der Waals surface area contributed by atoms with Crippen LogP contribution in [-0.4, -0.2) is 28.9 Å². The fourth-order valence-corrected chi connectivity index (χ4v) is 4.77. The van der Waals surface area contributed by atoms with Gasteiger partial charge in [-0.1, -0.05) is 23.7 Å². The van der Waals surface area contributed by atoms with E-state index in [9.17, 15) is 21.6 Å². The van der Waals surface area contributed by atoms with Crippen molar-refractivity contribution in [3.05, 3.63) is 58.7 Å². The Morgan fingerprint density at radius 3 is 2.66 bits per heavy atom. The lowest BCUT2D eigenvalue weighted by Crippen LogP contribution is -2.24. The van der Waals surface area contributed by atoms with Crippen molar-refractivity contribution >= 4 is 43.8 Å². The summed E-state index contributed by atoms with van der Waals surface area (Å²) in [7, 11) is -5.27. The summed E-state index contributed by atoms with van der Waals surface area (Å²) >= 11 is 7.60. The number of pyridine rings is 1. The van der Waals surface area contributed by atoms with Crippen LogP contribution in [0.25, 0.3) is 32.9 Å². The molecule has 0 aliphatic carbocycles. The number of alkyl halides is 3. The maximum Gasteiger partial charge on any atom is 0.497 e. The number of nitrogens with one attached hydrogen (secondary N) is 1. The van der Waals surface area contributed by atoms with Gasteiger partial charge in [-0.25, -0.2) is 18.4 Å². The number of aromatic nitrogens is 3. The van der Waals surface area contributed by atoms with Gasteiger partial charge in [-0.05, 0) is 23.8 Å². The molecule has 11 heteroatoms. The first-order chi connectivity index (χ1) is 13.7. The Labute approximate surface area is 172 Å². The van der Waals surface area contributed by atoms with Crippen molar-refractivity contribution in [1.82, 2.24) is 15.0 Å². The topological polar surface area (TPSA) is 75.7 Å². The summed E-state index contributed by atoms with van der Waals surface area (Å²) in [6, 6.07) is 7.73. The lowest BCUT2D eigenvalue weighted by molar-refractivity contribution is -0.0437. The molecule has 1 N–H and O–H groups in total. The standard InChI is InChI=1S/C18H11ClF3N3O2S2/c19-14-7-10(9-29(26,27)18(20,21)22)1-2-13(14)15-8-28-17(25-15)12-4-6-24-16-11(12)3-5-23-16/h1-8H,9H2,(H,23,24). The Morgan fingerprint density at radius 2 is 1.93 bits per heavy atom. The molecule has 5 nitrogen and oxygen atoms in total. The predicted molar refractivity (Wildman–Crippen MR) is 106 cm³/mol. The molecule has 0 radical (unpaired) electrons. The van der Waals surface area contributed by atoms with E-state index in [4.69, 9.17) is 11.6 Å². The molecule has 0 aliphatic rings. The molecule has 0 spiro atoms. The first kappa shape index (κ1) is 19.9. The molecule has 0 saturated carbocycles. The zero-order chi connectivity index (χ0) is 20.8. The zero-order valence-electron chi connectivity index (χ0n) is 14.4. The summed E-state index contributed by atoms with van der Waals surface area (Å²) in [6.45, 7) is 0. The summed E-state index contributed by atoms with van der Waals surface area (Å²) in [5, 5.41) is 3.54. The van der Waals surface area contributed by atoms with Crippen LogP contribution in [0.1, 0.15) is 5.56 Å². The third-order valence-corrected chi connectivity index (χ3v) is 6.82. The summed E-state index contributed by atoms with van der Waals surface area (Å²) < 4.78 is 60.4. The average molecular weight is 458 g/mol. The molecule has 3 aromatic heterocycles. The molecule has 150 valence electrons. The highest BCUT2D eigenvalue weighted by Crippen LogP contribution is 2.36. The van der Waals surface area contributed by atoms with Crippen LogP contribution >= 0.6 is 22.9 Å². The fraction of sp³-hybridized carbons (Fsp3) is 0.111. The second-order valence-corrected chi connectivity index (χ2v) is 9.40. The lowest BCUT2D eigenvalue weighted by atomic mass is 10.1. The van der Waals surface area contributed by atoms with Crippen LogP contribution in [0.3, 0.4) is 0 Å². The number of hydrogen-bond donors (Lipinski definition) is 1. The minimum atomic E-state index is -5.31. The highest BCUT2D eigenvalue weighted by molar-refractivity contribution is 7.91. The molecule has 0 amide bonds. The van der Waals surface area contributed by atoms with Gasteiger partial charge >= 0.3 is 5.51 Å². The first-order valence-electron chi connectivity index (χ1n) is 8.11. The van der Waals surface area contributed by atoms with E-state index in [0.717, 1.165) is 21.6 Å². The number of benzene rings is 1. The third-order valence-electron chi connectivity index (χ3n) is 4.21. The van der Waals surface area contributed by atoms with Crippen molar-refractivity contribution in [3.8, 4) is 21.8 Å². The molecular weight excluding hydrogens is 447 g/mol. The number of nitrogens with zero attached hydrogens (tertiary/aromatic N) is 2. The Hall–Kier alpha value is -2.43. The van der Waals surface area contributed by atoms with Gasteiger partial charge in [0.1, 0.15) is 10.7 Å². The highest BCUT2D eigenvalue weighted by atomic mass is 35.5. The molecule has 0 fully saturated rings. The number of sulfone groups is 1. The third kappa shape index (κ3) is 3.75. The SMILES string of the molecule is O=S(=O)(Cc1ccc(-c2csc(-c3ccnc4[nH]ccc34)n2)c(Cl)c1)C(F)(F)F. The van der Waals surface area contributed by atoms with E-state index in [0.29, 0.717) is 11.3 Å². The van der Waals surface area contributed by atoms with E-state index in [1.165, 1.54) is 29.5 Å². The van der Waals surface area contributed by atoms with Gasteiger partial charge in [0.05, 0.1) is 16.5 Å². The summed E-state index contributed by atoms with van der Waals surface area (Å²) in [5.74, 6) is -1.17. The molecular formula is C18H11ClF3N3O2S2. The van der Waals surface area contributed by atoms with Gasteiger partial charge in [0.15, 0.2) is 0 Å². The normalized spacial score (nSPS) is 12.6. The number of rotatable bonds is 4. The molecule has 0 unspecified atom stereocenters. The maximum atomic E-state index is 12.6. The van der Waals surface area contributed by atoms with E-state index in [2.05, 4.69) is 15.0 Å². The number of hydrogen-bond acceptors (Lipinski definition) is 5. The van der Waals surface area contributed by atoms with Gasteiger partial charge < -0.3 is 4.98 Å². The van der Waals surface area contributed by atoms with Gasteiger partial charge in [-0.2, -0.15) is 13.2 Å². The predicted octanol–water partition coefficient (Wildman–Crippen LogP) is 5.44. The average Bonchev–Trinajstić information content (AvgIpc) is 3.29. The summed E-state index contributed by atoms with van der Waals surface area (Å²) in [4.78, 5) is 11.8. The van der Waals surface area contributed by atoms with Crippen LogP contribution in [0, 0.1) is 0 Å². The van der Waals surface area contributed by atoms with E-state index < -0.39 is 21.1 Å². The second-order valence-electron chi connectivity index (χ2n) is 6.16. The van der Waals surface area contributed by atoms with E-state index in [1.54, 1.807) is 17.8 Å². The molecule has 29 heavy (non-hydrogen) atoms. The van der Waals surface area contributed by atoms with E-state index in [-0.39, 0.29) is 10.6 Å². The molecule has 0 bridgehead atoms. The van der Waals surface area contributed by atoms with Crippen LogP contribution in [0.15, 0.2) is 48.1 Å². The number of halogens is 4. The Morgan fingerprint density at radius 1 is 1.14 bits per heavy atom. The van der Waals surface area contributed by atoms with E-state index >= 15 is 0 Å². The van der Waals surface area contributed by atoms with Gasteiger partial charge in [0.25, 0.3) is 9.84 Å². The van der Waals surface area contributed by atoms with Crippen molar-refractivity contribution in [2.45, 2.75) is 11.3 Å². The van der Waals surface area contributed by atoms with Gasteiger partial charge in [-0.3, -0.25) is 0 Å². The zero-order valence-corrected chi connectivity index (χ0v) is 16.8. The van der Waals surface area contributed by atoms with Gasteiger partial charge in [0, 0.05) is 34.3 Å². The van der Waals surface area contributed by atoms with Gasteiger partial charge in [-0.15, -0.1) is 11.3 Å². The Balaban J connectivity index is 1.66. The van der Waals surface area contributed by atoms with Crippen LogP contribution in [-0.2, 0) is 15.6 Å². The van der Waals surface area contributed by atoms with E-state index in [1.807, 2.05) is 12.1 Å². The number of thiazole rings is 1. The van der Waals surface area contributed by atoms with Crippen LogP contribution in [0.5, 0.6) is 0 Å². The van der Waals surface area contributed by atoms with Crippen molar-refractivity contribution in [3.63, 3.8) is 0 Å². The molecule has 4 aromatic rings. The number of aromatic amines is 1. The monoisotopic (exact) mass is 457 g/mol. The van der Waals surface area contributed by atoms with Crippen molar-refractivity contribution in [1.29, 1.82) is 0 Å². The molecule has 3 heterocycles. The number of fused-ring (bicyclic) bond motifs is 1. The minimum absolute atomic E-state index is 0.0466.